The molecule has 8 heteroatoms. The highest BCUT2D eigenvalue weighted by Crippen LogP contribution is 2.20. The monoisotopic (exact) mass is 364 g/mol. The van der Waals surface area contributed by atoms with Gasteiger partial charge in [0, 0.05) is 22.1 Å². The van der Waals surface area contributed by atoms with E-state index in [0.717, 1.165) is 9.47 Å². The zero-order chi connectivity index (χ0) is 17.1. The van der Waals surface area contributed by atoms with Gasteiger partial charge in [0.25, 0.3) is 5.56 Å². The van der Waals surface area contributed by atoms with E-state index in [1.807, 2.05) is 12.1 Å². The number of hydrogen-bond acceptors (Lipinski definition) is 6. The number of benzene rings is 1. The van der Waals surface area contributed by atoms with E-state index in [-0.39, 0.29) is 23.9 Å². The first-order valence-electron chi connectivity index (χ1n) is 7.05. The van der Waals surface area contributed by atoms with Crippen LogP contribution in [0.3, 0.4) is 0 Å². The maximum Gasteiger partial charge on any atom is 0.316 e. The SMILES string of the molecule is Cc1cc2nc(COC(=O)CSc3ccc(Cl)cc3)cc(=O)n2o1. The van der Waals surface area contributed by atoms with Gasteiger partial charge in [0.1, 0.15) is 12.4 Å². The van der Waals surface area contributed by atoms with E-state index >= 15 is 0 Å². The molecule has 0 bridgehead atoms. The Morgan fingerprint density at radius 3 is 2.83 bits per heavy atom. The number of thioether (sulfide) groups is 1. The largest absolute Gasteiger partial charge is 0.459 e. The third-order valence-electron chi connectivity index (χ3n) is 3.08. The van der Waals surface area contributed by atoms with Crippen LogP contribution in [0.5, 0.6) is 0 Å². The Balaban J connectivity index is 1.58. The van der Waals surface area contributed by atoms with Gasteiger partial charge < -0.3 is 9.26 Å². The maximum absolute atomic E-state index is 11.9. The number of aromatic nitrogens is 2. The van der Waals surface area contributed by atoms with Crippen LogP contribution in [0.15, 0.2) is 50.6 Å². The molecule has 124 valence electrons. The summed E-state index contributed by atoms with van der Waals surface area (Å²) >= 11 is 7.15. The van der Waals surface area contributed by atoms with E-state index in [4.69, 9.17) is 20.9 Å². The molecule has 0 aliphatic rings. The number of ether oxygens (including phenoxy) is 1. The predicted molar refractivity (Wildman–Crippen MR) is 90.4 cm³/mol. The van der Waals surface area contributed by atoms with E-state index in [1.165, 1.54) is 17.8 Å². The summed E-state index contributed by atoms with van der Waals surface area (Å²) in [5.41, 5.74) is 0.418. The number of aryl methyl sites for hydroxylation is 1. The molecule has 2 aromatic heterocycles. The van der Waals surface area contributed by atoms with Crippen molar-refractivity contribution >= 4 is 35.0 Å². The Hall–Kier alpha value is -2.25. The van der Waals surface area contributed by atoms with Gasteiger partial charge in [0.15, 0.2) is 5.65 Å². The molecule has 3 aromatic rings. The molecule has 0 N–H and O–H groups in total. The van der Waals surface area contributed by atoms with Crippen LogP contribution < -0.4 is 5.56 Å². The Morgan fingerprint density at radius 1 is 1.33 bits per heavy atom. The molecular weight excluding hydrogens is 352 g/mol. The van der Waals surface area contributed by atoms with Crippen LogP contribution in [0, 0.1) is 6.92 Å². The first-order valence-corrected chi connectivity index (χ1v) is 8.41. The molecule has 3 rings (SSSR count). The number of halogens is 1. The summed E-state index contributed by atoms with van der Waals surface area (Å²) in [6.07, 6.45) is 0. The third-order valence-corrected chi connectivity index (χ3v) is 4.31. The van der Waals surface area contributed by atoms with Crippen molar-refractivity contribution in [3.8, 4) is 0 Å². The molecule has 0 spiro atoms. The summed E-state index contributed by atoms with van der Waals surface area (Å²) in [5, 5.41) is 0.643. The minimum absolute atomic E-state index is 0.0595. The van der Waals surface area contributed by atoms with Crippen molar-refractivity contribution in [1.82, 2.24) is 9.56 Å². The number of hydrogen-bond donors (Lipinski definition) is 0. The lowest BCUT2D eigenvalue weighted by Gasteiger charge is -2.04. The van der Waals surface area contributed by atoms with Crippen molar-refractivity contribution < 1.29 is 14.1 Å². The Kier molecular flexibility index (Phi) is 4.92. The average molecular weight is 365 g/mol. The zero-order valence-corrected chi connectivity index (χ0v) is 14.3. The second-order valence-electron chi connectivity index (χ2n) is 4.99. The van der Waals surface area contributed by atoms with E-state index in [9.17, 15) is 9.59 Å². The highest BCUT2D eigenvalue weighted by molar-refractivity contribution is 8.00. The number of carbonyl (C=O) groups is 1. The van der Waals surface area contributed by atoms with Crippen molar-refractivity contribution in [2.75, 3.05) is 5.75 Å². The van der Waals surface area contributed by atoms with Gasteiger partial charge in [-0.05, 0) is 31.2 Å². The number of nitrogens with zero attached hydrogens (tertiary/aromatic N) is 2. The first-order chi connectivity index (χ1) is 11.5. The molecule has 0 fully saturated rings. The lowest BCUT2D eigenvalue weighted by Crippen LogP contribution is -2.15. The summed E-state index contributed by atoms with van der Waals surface area (Å²) in [6.45, 7) is 1.66. The van der Waals surface area contributed by atoms with Gasteiger partial charge in [0.2, 0.25) is 0 Å². The number of fused-ring (bicyclic) bond motifs is 1. The van der Waals surface area contributed by atoms with Crippen LogP contribution >= 0.6 is 23.4 Å². The molecule has 0 saturated carbocycles. The molecule has 0 aliphatic heterocycles. The van der Waals surface area contributed by atoms with Crippen molar-refractivity contribution in [2.24, 2.45) is 0 Å². The fraction of sp³-hybridized carbons (Fsp3) is 0.188. The van der Waals surface area contributed by atoms with E-state index < -0.39 is 0 Å². The molecule has 24 heavy (non-hydrogen) atoms. The van der Waals surface area contributed by atoms with E-state index in [0.29, 0.717) is 22.1 Å². The molecule has 6 nitrogen and oxygen atoms in total. The van der Waals surface area contributed by atoms with Gasteiger partial charge in [-0.3, -0.25) is 9.59 Å². The van der Waals surface area contributed by atoms with E-state index in [1.54, 1.807) is 25.1 Å². The zero-order valence-electron chi connectivity index (χ0n) is 12.7. The third kappa shape index (κ3) is 3.98. The average Bonchev–Trinajstić information content (AvgIpc) is 2.93. The van der Waals surface area contributed by atoms with Gasteiger partial charge in [-0.25, -0.2) is 4.98 Å². The summed E-state index contributed by atoms with van der Waals surface area (Å²) in [5.74, 6) is 0.349. The molecular formula is C16H13ClN2O4S. The van der Waals surface area contributed by atoms with Crippen molar-refractivity contribution in [2.45, 2.75) is 18.4 Å². The fourth-order valence-electron chi connectivity index (χ4n) is 2.02. The molecule has 0 aliphatic carbocycles. The Labute approximate surface area is 146 Å². The molecule has 0 amide bonds. The van der Waals surface area contributed by atoms with Crippen LogP contribution in [0.25, 0.3) is 5.65 Å². The number of esters is 1. The van der Waals surface area contributed by atoms with Gasteiger partial charge in [-0.2, -0.15) is 0 Å². The Morgan fingerprint density at radius 2 is 2.08 bits per heavy atom. The predicted octanol–water partition coefficient (Wildman–Crippen LogP) is 3.08. The summed E-state index contributed by atoms with van der Waals surface area (Å²) in [7, 11) is 0. The minimum Gasteiger partial charge on any atom is -0.459 e. The second kappa shape index (κ2) is 7.11. The van der Waals surface area contributed by atoms with Gasteiger partial charge >= 0.3 is 5.97 Å². The van der Waals surface area contributed by atoms with E-state index in [2.05, 4.69) is 4.98 Å². The highest BCUT2D eigenvalue weighted by atomic mass is 35.5. The van der Waals surface area contributed by atoms with Crippen molar-refractivity contribution in [1.29, 1.82) is 0 Å². The first kappa shape index (κ1) is 16.6. The normalized spacial score (nSPS) is 10.9. The molecule has 0 atom stereocenters. The van der Waals surface area contributed by atoms with Crippen LogP contribution in [0.4, 0.5) is 0 Å². The quantitative estimate of drug-likeness (QED) is 0.511. The maximum atomic E-state index is 11.9. The molecule has 2 heterocycles. The van der Waals surface area contributed by atoms with Gasteiger partial charge in [-0.1, -0.05) is 11.6 Å². The summed E-state index contributed by atoms with van der Waals surface area (Å²) < 4.78 is 11.4. The van der Waals surface area contributed by atoms with Crippen LogP contribution in [-0.2, 0) is 16.1 Å². The molecule has 1 aromatic carbocycles. The minimum atomic E-state index is -0.389. The van der Waals surface area contributed by atoms with Gasteiger partial charge in [0.05, 0.1) is 11.4 Å². The fourth-order valence-corrected chi connectivity index (χ4v) is 2.84. The van der Waals surface area contributed by atoms with Crippen LogP contribution in [0.2, 0.25) is 5.02 Å². The lowest BCUT2D eigenvalue weighted by molar-refractivity contribution is -0.141. The smallest absolute Gasteiger partial charge is 0.316 e. The molecule has 0 radical (unpaired) electrons. The van der Waals surface area contributed by atoms with Crippen LogP contribution in [-0.4, -0.2) is 21.3 Å². The van der Waals surface area contributed by atoms with Crippen molar-refractivity contribution in [3.63, 3.8) is 0 Å². The highest BCUT2D eigenvalue weighted by Gasteiger charge is 2.09. The number of carbonyl (C=O) groups excluding carboxylic acids is 1. The van der Waals surface area contributed by atoms with Crippen molar-refractivity contribution in [3.05, 3.63) is 63.2 Å². The topological polar surface area (TPSA) is 73.8 Å². The summed E-state index contributed by atoms with van der Waals surface area (Å²) in [6, 6.07) is 10.1. The lowest BCUT2D eigenvalue weighted by atomic mass is 10.4. The van der Waals surface area contributed by atoms with Crippen LogP contribution in [0.1, 0.15) is 11.5 Å². The van der Waals surface area contributed by atoms with Gasteiger partial charge in [-0.15, -0.1) is 16.3 Å². The second-order valence-corrected chi connectivity index (χ2v) is 6.47. The molecule has 0 saturated heterocycles. The Bertz CT molecular complexity index is 933. The molecule has 0 unspecified atom stereocenters. The standard InChI is InChI=1S/C16H13ClN2O4S/c1-10-6-14-18-12(7-15(20)19(14)23-10)8-22-16(21)9-24-13-4-2-11(17)3-5-13/h2-7H,8-9H2,1H3. The number of rotatable bonds is 5. The summed E-state index contributed by atoms with van der Waals surface area (Å²) in [4.78, 5) is 28.8.